The Balaban J connectivity index is 2.25. The summed E-state index contributed by atoms with van der Waals surface area (Å²) in [5, 5.41) is 8.38. The van der Waals surface area contributed by atoms with Crippen LogP contribution in [0, 0.1) is 0 Å². The van der Waals surface area contributed by atoms with Gasteiger partial charge in [-0.05, 0) is 26.0 Å². The van der Waals surface area contributed by atoms with Gasteiger partial charge in [0.15, 0.2) is 5.82 Å². The van der Waals surface area contributed by atoms with Crippen LogP contribution in [0.2, 0.25) is 10.0 Å². The lowest BCUT2D eigenvalue weighted by Crippen LogP contribution is -2.02. The largest absolute Gasteiger partial charge is 0.397 e. The van der Waals surface area contributed by atoms with Gasteiger partial charge in [-0.2, -0.15) is 5.10 Å². The number of hydrogen-bond donors (Lipinski definition) is 2. The van der Waals surface area contributed by atoms with Crippen LogP contribution in [0.1, 0.15) is 19.9 Å². The van der Waals surface area contributed by atoms with Crippen LogP contribution in [0.4, 0.5) is 17.2 Å². The second kappa shape index (κ2) is 5.08. The molecule has 0 aliphatic heterocycles. The van der Waals surface area contributed by atoms with Crippen LogP contribution in [0.5, 0.6) is 0 Å². The molecule has 3 N–H and O–H groups in total. The molecule has 0 atom stereocenters. The summed E-state index contributed by atoms with van der Waals surface area (Å²) in [6, 6.07) is 5.49. The third kappa shape index (κ3) is 2.71. The first-order valence-electron chi connectivity index (χ1n) is 5.54. The van der Waals surface area contributed by atoms with Gasteiger partial charge in [0.1, 0.15) is 0 Å². The summed E-state index contributed by atoms with van der Waals surface area (Å²) in [6.07, 6.45) is 1.90. The van der Waals surface area contributed by atoms with Crippen LogP contribution in [0.25, 0.3) is 0 Å². The molecule has 1 heterocycles. The molecule has 0 aliphatic carbocycles. The molecule has 0 radical (unpaired) electrons. The summed E-state index contributed by atoms with van der Waals surface area (Å²) >= 11 is 11.8. The maximum atomic E-state index is 5.95. The summed E-state index contributed by atoms with van der Waals surface area (Å²) in [4.78, 5) is 0. The molecule has 0 unspecified atom stereocenters. The van der Waals surface area contributed by atoms with E-state index < -0.39 is 0 Å². The zero-order valence-corrected chi connectivity index (χ0v) is 11.6. The molecule has 96 valence electrons. The van der Waals surface area contributed by atoms with Gasteiger partial charge < -0.3 is 11.1 Å². The minimum atomic E-state index is 0.312. The van der Waals surface area contributed by atoms with Crippen molar-refractivity contribution in [2.45, 2.75) is 19.9 Å². The van der Waals surface area contributed by atoms with Gasteiger partial charge in [0.25, 0.3) is 0 Å². The summed E-state index contributed by atoms with van der Waals surface area (Å²) < 4.78 is 1.86. The van der Waals surface area contributed by atoms with Crippen molar-refractivity contribution >= 4 is 40.4 Å². The molecule has 0 fully saturated rings. The SMILES string of the molecule is CC(C)n1ccc(Nc2cc(Cl)c(Cl)cc2N)n1. The molecule has 2 rings (SSSR count). The molecule has 6 heteroatoms. The Kier molecular flexibility index (Phi) is 3.68. The first-order chi connectivity index (χ1) is 8.47. The second-order valence-electron chi connectivity index (χ2n) is 4.25. The highest BCUT2D eigenvalue weighted by atomic mass is 35.5. The smallest absolute Gasteiger partial charge is 0.152 e. The molecule has 1 aromatic carbocycles. The van der Waals surface area contributed by atoms with Gasteiger partial charge in [0, 0.05) is 18.3 Å². The monoisotopic (exact) mass is 284 g/mol. The predicted molar refractivity (Wildman–Crippen MR) is 76.8 cm³/mol. The second-order valence-corrected chi connectivity index (χ2v) is 5.07. The van der Waals surface area contributed by atoms with Gasteiger partial charge in [-0.1, -0.05) is 23.2 Å². The van der Waals surface area contributed by atoms with Crippen molar-refractivity contribution in [2.24, 2.45) is 0 Å². The van der Waals surface area contributed by atoms with Gasteiger partial charge in [0.2, 0.25) is 0 Å². The van der Waals surface area contributed by atoms with E-state index in [0.29, 0.717) is 33.3 Å². The molecule has 0 saturated heterocycles. The van der Waals surface area contributed by atoms with E-state index in [4.69, 9.17) is 28.9 Å². The number of nitrogens with two attached hydrogens (primary N) is 1. The fraction of sp³-hybridized carbons (Fsp3) is 0.250. The number of aromatic nitrogens is 2. The number of hydrogen-bond acceptors (Lipinski definition) is 3. The maximum absolute atomic E-state index is 5.95. The summed E-state index contributed by atoms with van der Waals surface area (Å²) in [5.41, 5.74) is 7.09. The van der Waals surface area contributed by atoms with Crippen molar-refractivity contribution in [3.63, 3.8) is 0 Å². The highest BCUT2D eigenvalue weighted by molar-refractivity contribution is 6.42. The number of benzene rings is 1. The van der Waals surface area contributed by atoms with Crippen molar-refractivity contribution in [3.05, 3.63) is 34.4 Å². The van der Waals surface area contributed by atoms with Gasteiger partial charge in [-0.25, -0.2) is 0 Å². The van der Waals surface area contributed by atoms with Crippen molar-refractivity contribution < 1.29 is 0 Å². The van der Waals surface area contributed by atoms with Crippen LogP contribution in [-0.4, -0.2) is 9.78 Å². The standard InChI is InChI=1S/C12H14Cl2N4/c1-7(2)18-4-3-12(17-18)16-11-6-9(14)8(13)5-10(11)15/h3-7H,15H2,1-2H3,(H,16,17). The van der Waals surface area contributed by atoms with Crippen molar-refractivity contribution in [1.29, 1.82) is 0 Å². The van der Waals surface area contributed by atoms with Crippen molar-refractivity contribution in [2.75, 3.05) is 11.1 Å². The highest BCUT2D eigenvalue weighted by Crippen LogP contribution is 2.32. The Morgan fingerprint density at radius 3 is 2.56 bits per heavy atom. The molecule has 18 heavy (non-hydrogen) atoms. The normalized spacial score (nSPS) is 10.9. The van der Waals surface area contributed by atoms with Gasteiger partial charge >= 0.3 is 0 Å². The lowest BCUT2D eigenvalue weighted by Gasteiger charge is -2.09. The van der Waals surface area contributed by atoms with Crippen LogP contribution >= 0.6 is 23.2 Å². The molecule has 0 amide bonds. The van der Waals surface area contributed by atoms with Crippen LogP contribution in [0.3, 0.4) is 0 Å². The summed E-state index contributed by atoms with van der Waals surface area (Å²) in [5.74, 6) is 0.716. The quantitative estimate of drug-likeness (QED) is 0.835. The molecule has 2 aromatic rings. The Morgan fingerprint density at radius 1 is 1.28 bits per heavy atom. The maximum Gasteiger partial charge on any atom is 0.152 e. The van der Waals surface area contributed by atoms with E-state index in [9.17, 15) is 0 Å². The van der Waals surface area contributed by atoms with Crippen LogP contribution < -0.4 is 11.1 Å². The van der Waals surface area contributed by atoms with E-state index in [0.717, 1.165) is 0 Å². The first kappa shape index (κ1) is 13.1. The zero-order valence-electron chi connectivity index (χ0n) is 10.1. The first-order valence-corrected chi connectivity index (χ1v) is 6.29. The van der Waals surface area contributed by atoms with Gasteiger partial charge in [-0.3, -0.25) is 4.68 Å². The van der Waals surface area contributed by atoms with Crippen LogP contribution in [0.15, 0.2) is 24.4 Å². The van der Waals surface area contributed by atoms with Crippen LogP contribution in [-0.2, 0) is 0 Å². The van der Waals surface area contributed by atoms with E-state index in [1.54, 1.807) is 12.1 Å². The Morgan fingerprint density at radius 2 is 1.94 bits per heavy atom. The lowest BCUT2D eigenvalue weighted by atomic mass is 10.2. The van der Waals surface area contributed by atoms with E-state index in [-0.39, 0.29) is 0 Å². The number of rotatable bonds is 3. The molecule has 0 saturated carbocycles. The van der Waals surface area contributed by atoms with Gasteiger partial charge in [0.05, 0.1) is 21.4 Å². The number of anilines is 3. The third-order valence-corrected chi connectivity index (χ3v) is 3.21. The molecule has 0 aliphatic rings. The molecular formula is C12H14Cl2N4. The Labute approximate surface area is 116 Å². The van der Waals surface area contributed by atoms with E-state index in [1.807, 2.05) is 16.9 Å². The minimum absolute atomic E-state index is 0.312. The Hall–Kier alpha value is -1.39. The fourth-order valence-electron chi connectivity index (χ4n) is 1.50. The number of halogens is 2. The molecule has 0 bridgehead atoms. The highest BCUT2D eigenvalue weighted by Gasteiger charge is 2.07. The zero-order chi connectivity index (χ0) is 13.3. The lowest BCUT2D eigenvalue weighted by molar-refractivity contribution is 0.534. The molecule has 1 aromatic heterocycles. The average Bonchev–Trinajstić information content (AvgIpc) is 2.74. The van der Waals surface area contributed by atoms with Crippen molar-refractivity contribution in [1.82, 2.24) is 9.78 Å². The summed E-state index contributed by atoms with van der Waals surface area (Å²) in [7, 11) is 0. The molecular weight excluding hydrogens is 271 g/mol. The average molecular weight is 285 g/mol. The van der Waals surface area contributed by atoms with Crippen molar-refractivity contribution in [3.8, 4) is 0 Å². The topological polar surface area (TPSA) is 55.9 Å². The Bertz CT molecular complexity index is 563. The molecule has 0 spiro atoms. The summed E-state index contributed by atoms with van der Waals surface area (Å²) in [6.45, 7) is 4.12. The van der Waals surface area contributed by atoms with E-state index in [1.165, 1.54) is 0 Å². The fourth-order valence-corrected chi connectivity index (χ4v) is 1.84. The number of nitrogens with one attached hydrogen (secondary N) is 1. The van der Waals surface area contributed by atoms with E-state index in [2.05, 4.69) is 24.3 Å². The van der Waals surface area contributed by atoms with E-state index >= 15 is 0 Å². The number of nitrogen functional groups attached to an aromatic ring is 1. The third-order valence-electron chi connectivity index (χ3n) is 2.49. The minimum Gasteiger partial charge on any atom is -0.397 e. The predicted octanol–water partition coefficient (Wildman–Crippen LogP) is 4.10. The number of nitrogens with zero attached hydrogens (tertiary/aromatic N) is 2. The molecule has 4 nitrogen and oxygen atoms in total. The van der Waals surface area contributed by atoms with Gasteiger partial charge in [-0.15, -0.1) is 0 Å².